The second-order valence-electron chi connectivity index (χ2n) is 7.39. The van der Waals surface area contributed by atoms with Crippen molar-refractivity contribution in [2.45, 2.75) is 18.8 Å². The molecule has 0 radical (unpaired) electrons. The maximum absolute atomic E-state index is 12.8. The Morgan fingerprint density at radius 3 is 2.23 bits per heavy atom. The standard InChI is InChI=1S/C25H19NO4/c27-23-21-14-18(30-15-16-6-2-1-3-7-16)12-10-17(21)11-13-22(23)26-24(28)19-8-4-5-9-20(19)25(26)29/h1-14,22-23,27H,15H2/t22-,23-/m0/s1. The summed E-state index contributed by atoms with van der Waals surface area (Å²) in [4.78, 5) is 26.8. The van der Waals surface area contributed by atoms with Gasteiger partial charge in [0.05, 0.1) is 17.2 Å². The van der Waals surface area contributed by atoms with E-state index in [0.29, 0.717) is 29.0 Å². The highest BCUT2D eigenvalue weighted by molar-refractivity contribution is 6.21. The SMILES string of the molecule is O=C1c2ccccc2C(=O)N1[C@H]1C=Cc2ccc(OCc3ccccc3)cc2[C@@H]1O. The van der Waals surface area contributed by atoms with E-state index >= 15 is 0 Å². The number of ether oxygens (including phenoxy) is 1. The molecule has 1 N–H and O–H groups in total. The lowest BCUT2D eigenvalue weighted by molar-refractivity contribution is 0.0425. The number of imide groups is 1. The number of aliphatic hydroxyl groups excluding tert-OH is 1. The van der Waals surface area contributed by atoms with Gasteiger partial charge in [-0.1, -0.05) is 60.7 Å². The summed E-state index contributed by atoms with van der Waals surface area (Å²) in [6.45, 7) is 0.410. The minimum Gasteiger partial charge on any atom is -0.489 e. The maximum Gasteiger partial charge on any atom is 0.262 e. The highest BCUT2D eigenvalue weighted by Crippen LogP contribution is 2.36. The lowest BCUT2D eigenvalue weighted by Gasteiger charge is -2.31. The predicted octanol–water partition coefficient (Wildman–Crippen LogP) is 3.99. The Labute approximate surface area is 173 Å². The first-order valence-electron chi connectivity index (χ1n) is 9.77. The van der Waals surface area contributed by atoms with Crippen molar-refractivity contribution in [3.63, 3.8) is 0 Å². The first-order valence-corrected chi connectivity index (χ1v) is 9.77. The van der Waals surface area contributed by atoms with Crippen LogP contribution in [0.3, 0.4) is 0 Å². The Morgan fingerprint density at radius 1 is 0.867 bits per heavy atom. The van der Waals surface area contributed by atoms with E-state index in [1.165, 1.54) is 0 Å². The van der Waals surface area contributed by atoms with E-state index in [-0.39, 0.29) is 11.8 Å². The van der Waals surface area contributed by atoms with Gasteiger partial charge in [-0.2, -0.15) is 0 Å². The second-order valence-corrected chi connectivity index (χ2v) is 7.39. The fourth-order valence-corrected chi connectivity index (χ4v) is 3.99. The molecule has 1 heterocycles. The van der Waals surface area contributed by atoms with E-state index in [9.17, 15) is 14.7 Å². The number of benzene rings is 3. The van der Waals surface area contributed by atoms with Gasteiger partial charge in [-0.15, -0.1) is 0 Å². The van der Waals surface area contributed by atoms with E-state index in [0.717, 1.165) is 16.0 Å². The summed E-state index contributed by atoms with van der Waals surface area (Å²) in [7, 11) is 0. The zero-order valence-electron chi connectivity index (χ0n) is 16.1. The number of hydrogen-bond acceptors (Lipinski definition) is 4. The van der Waals surface area contributed by atoms with Gasteiger partial charge in [0.15, 0.2) is 0 Å². The molecule has 1 aliphatic carbocycles. The molecule has 0 spiro atoms. The molecule has 148 valence electrons. The first-order chi connectivity index (χ1) is 14.6. The van der Waals surface area contributed by atoms with Gasteiger partial charge in [0.1, 0.15) is 18.5 Å². The minimum absolute atomic E-state index is 0.369. The van der Waals surface area contributed by atoms with E-state index < -0.39 is 12.1 Å². The summed E-state index contributed by atoms with van der Waals surface area (Å²) in [6, 6.07) is 21.3. The van der Waals surface area contributed by atoms with Crippen molar-refractivity contribution in [1.82, 2.24) is 4.90 Å². The molecular formula is C25H19NO4. The number of nitrogens with zero attached hydrogens (tertiary/aromatic N) is 1. The van der Waals surface area contributed by atoms with Gasteiger partial charge < -0.3 is 9.84 Å². The van der Waals surface area contributed by atoms with Crippen LogP contribution in [0.4, 0.5) is 0 Å². The molecule has 5 rings (SSSR count). The number of fused-ring (bicyclic) bond motifs is 2. The van der Waals surface area contributed by atoms with Crippen LogP contribution in [-0.2, 0) is 6.61 Å². The summed E-state index contributed by atoms with van der Waals surface area (Å²) < 4.78 is 5.88. The third-order valence-corrected chi connectivity index (χ3v) is 5.55. The Kier molecular flexibility index (Phi) is 4.45. The summed E-state index contributed by atoms with van der Waals surface area (Å²) >= 11 is 0. The van der Waals surface area contributed by atoms with Gasteiger partial charge in [-0.05, 0) is 41.0 Å². The molecule has 3 aromatic rings. The predicted molar refractivity (Wildman–Crippen MR) is 112 cm³/mol. The van der Waals surface area contributed by atoms with Crippen molar-refractivity contribution in [1.29, 1.82) is 0 Å². The van der Waals surface area contributed by atoms with Crippen molar-refractivity contribution < 1.29 is 19.4 Å². The average molecular weight is 397 g/mol. The van der Waals surface area contributed by atoms with Gasteiger partial charge in [0, 0.05) is 0 Å². The second kappa shape index (κ2) is 7.28. The van der Waals surface area contributed by atoms with Crippen molar-refractivity contribution in [2.75, 3.05) is 0 Å². The highest BCUT2D eigenvalue weighted by Gasteiger charge is 2.42. The Balaban J connectivity index is 1.40. The quantitative estimate of drug-likeness (QED) is 0.676. The van der Waals surface area contributed by atoms with Crippen LogP contribution in [0.15, 0.2) is 78.9 Å². The topological polar surface area (TPSA) is 66.8 Å². The number of rotatable bonds is 4. The summed E-state index contributed by atoms with van der Waals surface area (Å²) in [5.41, 5.74) is 3.24. The summed E-state index contributed by atoms with van der Waals surface area (Å²) in [5, 5.41) is 11.1. The molecule has 3 aromatic carbocycles. The number of amides is 2. The molecule has 0 saturated heterocycles. The van der Waals surface area contributed by atoms with Crippen LogP contribution in [0, 0.1) is 0 Å². The van der Waals surface area contributed by atoms with E-state index in [2.05, 4.69) is 0 Å². The van der Waals surface area contributed by atoms with E-state index in [4.69, 9.17) is 4.74 Å². The van der Waals surface area contributed by atoms with Crippen LogP contribution < -0.4 is 4.74 Å². The fourth-order valence-electron chi connectivity index (χ4n) is 3.99. The monoisotopic (exact) mass is 397 g/mol. The van der Waals surface area contributed by atoms with Gasteiger partial charge in [0.2, 0.25) is 0 Å². The molecule has 0 saturated carbocycles. The Morgan fingerprint density at radius 2 is 1.53 bits per heavy atom. The number of hydrogen-bond donors (Lipinski definition) is 1. The average Bonchev–Trinajstić information content (AvgIpc) is 3.04. The minimum atomic E-state index is -1.03. The van der Waals surface area contributed by atoms with Crippen LogP contribution in [0.1, 0.15) is 43.5 Å². The highest BCUT2D eigenvalue weighted by atomic mass is 16.5. The molecule has 2 aliphatic rings. The van der Waals surface area contributed by atoms with Gasteiger partial charge in [0.25, 0.3) is 11.8 Å². The molecule has 2 atom stereocenters. The smallest absolute Gasteiger partial charge is 0.262 e. The number of aliphatic hydroxyl groups is 1. The molecule has 0 unspecified atom stereocenters. The van der Waals surface area contributed by atoms with Crippen molar-refractivity contribution in [3.05, 3.63) is 107 Å². The molecular weight excluding hydrogens is 378 g/mol. The van der Waals surface area contributed by atoms with Crippen LogP contribution in [0.2, 0.25) is 0 Å². The summed E-state index contributed by atoms with van der Waals surface area (Å²) in [6.07, 6.45) is 2.50. The number of carbonyl (C=O) groups excluding carboxylic acids is 2. The van der Waals surface area contributed by atoms with Crippen LogP contribution in [0.5, 0.6) is 5.75 Å². The van der Waals surface area contributed by atoms with Gasteiger partial charge in [-0.25, -0.2) is 0 Å². The van der Waals surface area contributed by atoms with Crippen LogP contribution >= 0.6 is 0 Å². The number of carbonyl (C=O) groups is 2. The molecule has 2 amide bonds. The normalized spacial score (nSPS) is 19.6. The zero-order chi connectivity index (χ0) is 20.7. The lowest BCUT2D eigenvalue weighted by atomic mass is 9.90. The first kappa shape index (κ1) is 18.3. The Bertz CT molecular complexity index is 1130. The van der Waals surface area contributed by atoms with E-state index in [1.807, 2.05) is 48.5 Å². The lowest BCUT2D eigenvalue weighted by Crippen LogP contribution is -2.43. The maximum atomic E-state index is 12.8. The van der Waals surface area contributed by atoms with Gasteiger partial charge >= 0.3 is 0 Å². The molecule has 5 heteroatoms. The van der Waals surface area contributed by atoms with Crippen LogP contribution in [0.25, 0.3) is 6.08 Å². The molecule has 0 bridgehead atoms. The van der Waals surface area contributed by atoms with Crippen molar-refractivity contribution >= 4 is 17.9 Å². The van der Waals surface area contributed by atoms with Crippen LogP contribution in [-0.4, -0.2) is 27.9 Å². The molecule has 30 heavy (non-hydrogen) atoms. The summed E-state index contributed by atoms with van der Waals surface area (Å²) in [5.74, 6) is -0.151. The molecule has 0 fully saturated rings. The van der Waals surface area contributed by atoms with Gasteiger partial charge in [-0.3, -0.25) is 14.5 Å². The van der Waals surface area contributed by atoms with E-state index in [1.54, 1.807) is 36.4 Å². The third kappa shape index (κ3) is 3.00. The zero-order valence-corrected chi connectivity index (χ0v) is 16.1. The third-order valence-electron chi connectivity index (χ3n) is 5.55. The largest absolute Gasteiger partial charge is 0.489 e. The molecule has 0 aromatic heterocycles. The Hall–Kier alpha value is -3.70. The van der Waals surface area contributed by atoms with Crippen molar-refractivity contribution in [3.8, 4) is 5.75 Å². The fraction of sp³-hybridized carbons (Fsp3) is 0.120. The molecule has 5 nitrogen and oxygen atoms in total. The molecule has 1 aliphatic heterocycles. The van der Waals surface area contributed by atoms with Crippen molar-refractivity contribution in [2.24, 2.45) is 0 Å².